The Morgan fingerprint density at radius 3 is 2.56 bits per heavy atom. The number of nitrogens with zero attached hydrogens (tertiary/aromatic N) is 1. The standard InChI is InChI=1S/C11H12N2O5/c1-18-11(15)10(12-7-14)6-8-2-4-9(5-3-8)13(16)17/h2-5,7,10H,6H2,1H3,(H,12,14). The number of amides is 1. The summed E-state index contributed by atoms with van der Waals surface area (Å²) in [4.78, 5) is 31.6. The van der Waals surface area contributed by atoms with Gasteiger partial charge in [0.05, 0.1) is 12.0 Å². The van der Waals surface area contributed by atoms with Gasteiger partial charge in [-0.05, 0) is 5.56 Å². The predicted molar refractivity (Wildman–Crippen MR) is 61.8 cm³/mol. The first-order valence-corrected chi connectivity index (χ1v) is 5.09. The molecule has 1 unspecified atom stereocenters. The van der Waals surface area contributed by atoms with Crippen LogP contribution < -0.4 is 5.32 Å². The summed E-state index contributed by atoms with van der Waals surface area (Å²) in [5, 5.41) is 12.8. The molecule has 0 heterocycles. The van der Waals surface area contributed by atoms with E-state index in [-0.39, 0.29) is 12.1 Å². The van der Waals surface area contributed by atoms with E-state index in [1.807, 2.05) is 0 Å². The molecule has 0 aliphatic carbocycles. The highest BCUT2D eigenvalue weighted by Crippen LogP contribution is 2.13. The Kier molecular flexibility index (Phi) is 4.79. The molecule has 1 N–H and O–H groups in total. The third kappa shape index (κ3) is 3.55. The van der Waals surface area contributed by atoms with E-state index in [1.54, 1.807) is 0 Å². The molecule has 0 saturated heterocycles. The van der Waals surface area contributed by atoms with Gasteiger partial charge in [0.1, 0.15) is 6.04 Å². The van der Waals surface area contributed by atoms with Crippen LogP contribution in [-0.2, 0) is 20.7 Å². The lowest BCUT2D eigenvalue weighted by Crippen LogP contribution is -2.38. The molecule has 0 spiro atoms. The van der Waals surface area contributed by atoms with E-state index in [2.05, 4.69) is 10.1 Å². The normalized spacial score (nSPS) is 11.4. The van der Waals surface area contributed by atoms with Gasteiger partial charge in [0.2, 0.25) is 6.41 Å². The second-order valence-electron chi connectivity index (χ2n) is 3.49. The van der Waals surface area contributed by atoms with Crippen molar-refractivity contribution in [3.63, 3.8) is 0 Å². The van der Waals surface area contributed by atoms with Gasteiger partial charge in [-0.25, -0.2) is 4.79 Å². The number of carbonyl (C=O) groups excluding carboxylic acids is 2. The smallest absolute Gasteiger partial charge is 0.328 e. The monoisotopic (exact) mass is 252 g/mol. The quantitative estimate of drug-likeness (QED) is 0.342. The molecule has 0 fully saturated rings. The zero-order chi connectivity index (χ0) is 13.5. The number of hydrogen-bond donors (Lipinski definition) is 1. The fourth-order valence-electron chi connectivity index (χ4n) is 1.42. The zero-order valence-electron chi connectivity index (χ0n) is 9.66. The fourth-order valence-corrected chi connectivity index (χ4v) is 1.42. The van der Waals surface area contributed by atoms with E-state index in [0.717, 1.165) is 0 Å². The number of rotatable bonds is 6. The van der Waals surface area contributed by atoms with Crippen LogP contribution in [-0.4, -0.2) is 30.5 Å². The average Bonchev–Trinajstić information content (AvgIpc) is 2.38. The molecule has 18 heavy (non-hydrogen) atoms. The highest BCUT2D eigenvalue weighted by atomic mass is 16.6. The van der Waals surface area contributed by atoms with Gasteiger partial charge in [-0.3, -0.25) is 14.9 Å². The van der Waals surface area contributed by atoms with Crippen LogP contribution in [0.15, 0.2) is 24.3 Å². The lowest BCUT2D eigenvalue weighted by Gasteiger charge is -2.13. The van der Waals surface area contributed by atoms with Crippen LogP contribution in [0.5, 0.6) is 0 Å². The van der Waals surface area contributed by atoms with Gasteiger partial charge in [-0.2, -0.15) is 0 Å². The highest BCUT2D eigenvalue weighted by molar-refractivity contribution is 5.78. The molecule has 7 heteroatoms. The first kappa shape index (κ1) is 13.6. The number of ether oxygens (including phenoxy) is 1. The van der Waals surface area contributed by atoms with E-state index in [1.165, 1.54) is 31.4 Å². The lowest BCUT2D eigenvalue weighted by molar-refractivity contribution is -0.384. The first-order chi connectivity index (χ1) is 8.58. The molecular formula is C11H12N2O5. The molecule has 0 aliphatic rings. The molecule has 1 amide bonds. The van der Waals surface area contributed by atoms with Crippen molar-refractivity contribution in [1.82, 2.24) is 5.32 Å². The summed E-state index contributed by atoms with van der Waals surface area (Å²) in [5.74, 6) is -0.569. The van der Waals surface area contributed by atoms with Crippen LogP contribution in [0.25, 0.3) is 0 Å². The molecule has 1 aromatic carbocycles. The second-order valence-corrected chi connectivity index (χ2v) is 3.49. The van der Waals surface area contributed by atoms with Crippen LogP contribution >= 0.6 is 0 Å². The van der Waals surface area contributed by atoms with Crippen molar-refractivity contribution < 1.29 is 19.2 Å². The molecule has 0 radical (unpaired) electrons. The summed E-state index contributed by atoms with van der Waals surface area (Å²) in [5.41, 5.74) is 0.655. The maximum absolute atomic E-state index is 11.3. The van der Waals surface area contributed by atoms with Crippen molar-refractivity contribution in [1.29, 1.82) is 0 Å². The number of nitro benzene ring substituents is 1. The number of carbonyl (C=O) groups is 2. The first-order valence-electron chi connectivity index (χ1n) is 5.09. The minimum Gasteiger partial charge on any atom is -0.467 e. The summed E-state index contributed by atoms with van der Waals surface area (Å²) in [6, 6.07) is 4.94. The van der Waals surface area contributed by atoms with Gasteiger partial charge >= 0.3 is 5.97 Å². The minimum atomic E-state index is -0.797. The van der Waals surface area contributed by atoms with Crippen LogP contribution in [0, 0.1) is 10.1 Å². The third-order valence-electron chi connectivity index (χ3n) is 2.34. The predicted octanol–water partition coefficient (Wildman–Crippen LogP) is 0.425. The number of hydrogen-bond acceptors (Lipinski definition) is 5. The van der Waals surface area contributed by atoms with Gasteiger partial charge in [-0.1, -0.05) is 12.1 Å². The van der Waals surface area contributed by atoms with Crippen LogP contribution in [0.1, 0.15) is 5.56 Å². The summed E-state index contributed by atoms with van der Waals surface area (Å²) in [6.45, 7) is 0. The van der Waals surface area contributed by atoms with E-state index in [4.69, 9.17) is 0 Å². The molecule has 1 aromatic rings. The van der Waals surface area contributed by atoms with Gasteiger partial charge in [-0.15, -0.1) is 0 Å². The number of nitrogens with one attached hydrogen (secondary N) is 1. The van der Waals surface area contributed by atoms with E-state index in [0.29, 0.717) is 12.0 Å². The van der Waals surface area contributed by atoms with Crippen molar-refractivity contribution >= 4 is 18.1 Å². The number of esters is 1. The van der Waals surface area contributed by atoms with Crippen molar-refractivity contribution in [3.05, 3.63) is 39.9 Å². The van der Waals surface area contributed by atoms with Crippen LogP contribution in [0.2, 0.25) is 0 Å². The third-order valence-corrected chi connectivity index (χ3v) is 2.34. The Hall–Kier alpha value is -2.44. The molecule has 0 bridgehead atoms. The summed E-state index contributed by atoms with van der Waals surface area (Å²) >= 11 is 0. The van der Waals surface area contributed by atoms with Crippen molar-refractivity contribution in [2.24, 2.45) is 0 Å². The SMILES string of the molecule is COC(=O)C(Cc1ccc([N+](=O)[O-])cc1)NC=O. The molecule has 7 nitrogen and oxygen atoms in total. The molecular weight excluding hydrogens is 240 g/mol. The Balaban J connectivity index is 2.77. The summed E-state index contributed by atoms with van der Waals surface area (Å²) in [6.07, 6.45) is 0.621. The van der Waals surface area contributed by atoms with Crippen molar-refractivity contribution in [2.45, 2.75) is 12.5 Å². The minimum absolute atomic E-state index is 0.0308. The molecule has 1 atom stereocenters. The molecule has 96 valence electrons. The van der Waals surface area contributed by atoms with E-state index in [9.17, 15) is 19.7 Å². The molecule has 0 saturated carbocycles. The van der Waals surface area contributed by atoms with E-state index < -0.39 is 16.9 Å². The number of nitro groups is 1. The van der Waals surface area contributed by atoms with Crippen LogP contribution in [0.3, 0.4) is 0 Å². The van der Waals surface area contributed by atoms with Crippen LogP contribution in [0.4, 0.5) is 5.69 Å². The summed E-state index contributed by atoms with van der Waals surface area (Å²) < 4.78 is 4.53. The fraction of sp³-hybridized carbons (Fsp3) is 0.273. The zero-order valence-corrected chi connectivity index (χ0v) is 9.66. The molecule has 0 aromatic heterocycles. The average molecular weight is 252 g/mol. The maximum atomic E-state index is 11.3. The Morgan fingerprint density at radius 2 is 2.11 bits per heavy atom. The number of methoxy groups -OCH3 is 1. The van der Waals surface area contributed by atoms with Crippen molar-refractivity contribution in [2.75, 3.05) is 7.11 Å². The molecule has 1 rings (SSSR count). The highest BCUT2D eigenvalue weighted by Gasteiger charge is 2.18. The van der Waals surface area contributed by atoms with Gasteiger partial charge in [0.25, 0.3) is 5.69 Å². The number of non-ortho nitro benzene ring substituents is 1. The second kappa shape index (κ2) is 6.33. The van der Waals surface area contributed by atoms with Gasteiger partial charge in [0.15, 0.2) is 0 Å². The topological polar surface area (TPSA) is 98.5 Å². The largest absolute Gasteiger partial charge is 0.467 e. The lowest BCUT2D eigenvalue weighted by atomic mass is 10.1. The Labute approximate surface area is 103 Å². The summed E-state index contributed by atoms with van der Waals surface area (Å²) in [7, 11) is 1.22. The van der Waals surface area contributed by atoms with Crippen molar-refractivity contribution in [3.8, 4) is 0 Å². The Morgan fingerprint density at radius 1 is 1.50 bits per heavy atom. The van der Waals surface area contributed by atoms with Gasteiger partial charge in [0, 0.05) is 18.6 Å². The Bertz CT molecular complexity index is 443. The number of benzene rings is 1. The van der Waals surface area contributed by atoms with Gasteiger partial charge < -0.3 is 10.1 Å². The van der Waals surface area contributed by atoms with E-state index >= 15 is 0 Å². The maximum Gasteiger partial charge on any atom is 0.328 e. The molecule has 0 aliphatic heterocycles.